The number of hydrogen-bond acceptors (Lipinski definition) is 10. The molecule has 21 heteroatoms. The average Bonchev–Trinajstić information content (AvgIpc) is 3.86. The Morgan fingerprint density at radius 1 is 0.420 bits per heavy atom. The number of fused-ring (bicyclic) bond motifs is 2. The summed E-state index contributed by atoms with van der Waals surface area (Å²) in [6.07, 6.45) is 0. The van der Waals surface area contributed by atoms with Crippen LogP contribution in [-0.4, -0.2) is 50.5 Å². The predicted octanol–water partition coefficient (Wildman–Crippen LogP) is 8.90. The number of halogens is 6. The Morgan fingerprint density at radius 3 is 0.841 bits per heavy atom. The normalized spacial score (nSPS) is 13.1. The molecule has 370 valence electrons. The van der Waals surface area contributed by atoms with E-state index in [-0.39, 0.29) is 34.0 Å². The molecule has 0 amide bonds. The number of ether oxygens (including phenoxy) is 4. The van der Waals surface area contributed by atoms with Gasteiger partial charge in [0.2, 0.25) is 13.6 Å². The smallest absolute Gasteiger partial charge is 0.741 e. The Bertz CT molecular complexity index is 2740. The second kappa shape index (κ2) is 21.4. The van der Waals surface area contributed by atoms with Gasteiger partial charge in [-0.15, -0.1) is 0 Å². The van der Waals surface area contributed by atoms with Gasteiger partial charge in [-0.1, -0.05) is 117 Å². The maximum absolute atomic E-state index is 10.7. The molecule has 0 aromatic heterocycles. The summed E-state index contributed by atoms with van der Waals surface area (Å²) in [5.74, 6) is 3.03. The molecular formula is C48H44F6O10P2PdS2. The Labute approximate surface area is 413 Å². The molecule has 0 bridgehead atoms. The van der Waals surface area contributed by atoms with E-state index in [2.05, 4.69) is 152 Å². The molecule has 0 radical (unpaired) electrons. The van der Waals surface area contributed by atoms with Gasteiger partial charge >= 0.3 is 31.4 Å². The second-order valence-electron chi connectivity index (χ2n) is 16.2. The summed E-state index contributed by atoms with van der Waals surface area (Å²) in [6.45, 7) is 17.9. The van der Waals surface area contributed by atoms with Crippen molar-refractivity contribution < 1.29 is 91.7 Å². The van der Waals surface area contributed by atoms with Gasteiger partial charge in [0.25, 0.3) is 0 Å². The first-order valence-corrected chi connectivity index (χ1v) is 25.9. The van der Waals surface area contributed by atoms with Crippen LogP contribution in [0.25, 0.3) is 11.1 Å². The molecular weight excluding hydrogens is 1080 g/mol. The molecule has 2 aliphatic heterocycles. The molecule has 2 heterocycles. The largest absolute Gasteiger partial charge is 2.00 e. The van der Waals surface area contributed by atoms with Crippen molar-refractivity contribution in [1.29, 1.82) is 0 Å². The molecule has 0 fully saturated rings. The Kier molecular flexibility index (Phi) is 17.2. The third-order valence-corrected chi connectivity index (χ3v) is 16.1. The topological polar surface area (TPSA) is 151 Å². The van der Waals surface area contributed by atoms with Gasteiger partial charge in [0, 0.05) is 11.1 Å². The molecule has 0 saturated heterocycles. The zero-order valence-corrected chi connectivity index (χ0v) is 43.0. The van der Waals surface area contributed by atoms with Crippen molar-refractivity contribution in [3.63, 3.8) is 0 Å². The molecule has 0 saturated carbocycles. The summed E-state index contributed by atoms with van der Waals surface area (Å²) in [6, 6.07) is 36.7. The van der Waals surface area contributed by atoms with Crippen molar-refractivity contribution in [1.82, 2.24) is 0 Å². The molecule has 6 aromatic carbocycles. The van der Waals surface area contributed by atoms with E-state index in [0.717, 1.165) is 34.1 Å². The minimum atomic E-state index is -6.09. The van der Waals surface area contributed by atoms with Crippen LogP contribution in [0.2, 0.25) is 0 Å². The SMILES string of the molecule is Cc1cc(C)cc(P(c2cc(C)cc(C)c2)c2ccc3c(c2-c2c(P(c4cc(C)cc(C)c4)c4cc(C)cc(C)c4)ccc4c2OCO4)OCO3)c1.O=S(=O)([O-])C(F)(F)F.O=S(=O)([O-])C(F)(F)F.[Pd+2]. The fourth-order valence-electron chi connectivity index (χ4n) is 7.95. The maximum Gasteiger partial charge on any atom is 2.00 e. The predicted molar refractivity (Wildman–Crippen MR) is 251 cm³/mol. The summed E-state index contributed by atoms with van der Waals surface area (Å²) < 4.78 is 143. The minimum Gasteiger partial charge on any atom is -0.741 e. The molecule has 0 spiro atoms. The van der Waals surface area contributed by atoms with E-state index in [4.69, 9.17) is 44.9 Å². The van der Waals surface area contributed by atoms with Gasteiger partial charge in [-0.25, -0.2) is 16.8 Å². The van der Waals surface area contributed by atoms with Crippen LogP contribution in [0.4, 0.5) is 26.3 Å². The Hall–Kier alpha value is -4.56. The van der Waals surface area contributed by atoms with Crippen LogP contribution in [0.5, 0.6) is 23.0 Å². The van der Waals surface area contributed by atoms with Crippen LogP contribution in [-0.2, 0) is 40.7 Å². The second-order valence-corrected chi connectivity index (χ2v) is 23.4. The summed E-state index contributed by atoms with van der Waals surface area (Å²) in [5, 5.41) is 7.61. The standard InChI is InChI=1S/C46H44O4P2.2CHF3O3S.Pd/c1-27-13-28(2)18-35(17-27)51(36-19-29(3)14-30(4)20-36)41-11-9-39-45(49-25-47-39)43(41)44-42(12-10-40-46(44)50-26-48-40)52(37-21-31(5)15-32(6)22-37)38-23-33(7)16-34(8)24-38;2*2-1(3,4)8(5,6)7;/h9-24H,25-26H2,1-8H3;2*(H,5,6,7);/q;;;+2/p-2. The van der Waals surface area contributed by atoms with Gasteiger partial charge in [-0.3, -0.25) is 0 Å². The molecule has 0 aliphatic carbocycles. The summed E-state index contributed by atoms with van der Waals surface area (Å²) in [4.78, 5) is 0. The molecule has 6 aromatic rings. The molecule has 0 atom stereocenters. The number of benzene rings is 6. The molecule has 69 heavy (non-hydrogen) atoms. The van der Waals surface area contributed by atoms with Gasteiger partial charge in [-0.05, 0) is 127 Å². The third kappa shape index (κ3) is 13.1. The van der Waals surface area contributed by atoms with Gasteiger partial charge in [-0.2, -0.15) is 26.3 Å². The van der Waals surface area contributed by atoms with Crippen LogP contribution in [0, 0.1) is 55.4 Å². The van der Waals surface area contributed by atoms with E-state index < -0.39 is 47.1 Å². The number of alkyl halides is 6. The fourth-order valence-corrected chi connectivity index (χ4v) is 13.6. The van der Waals surface area contributed by atoms with E-state index >= 15 is 0 Å². The van der Waals surface area contributed by atoms with Crippen LogP contribution in [0.1, 0.15) is 44.5 Å². The molecule has 0 N–H and O–H groups in total. The third-order valence-electron chi connectivity index (χ3n) is 10.2. The van der Waals surface area contributed by atoms with Gasteiger partial charge < -0.3 is 28.1 Å². The van der Waals surface area contributed by atoms with E-state index in [0.29, 0.717) is 0 Å². The minimum absolute atomic E-state index is 0. The summed E-state index contributed by atoms with van der Waals surface area (Å²) in [7, 11) is -14.3. The van der Waals surface area contributed by atoms with Crippen molar-refractivity contribution in [2.75, 3.05) is 13.6 Å². The maximum atomic E-state index is 10.7. The van der Waals surface area contributed by atoms with Crippen molar-refractivity contribution in [2.24, 2.45) is 0 Å². The van der Waals surface area contributed by atoms with E-state index in [1.807, 2.05) is 0 Å². The van der Waals surface area contributed by atoms with Crippen LogP contribution in [0.3, 0.4) is 0 Å². The average molecular weight is 1130 g/mol. The summed E-state index contributed by atoms with van der Waals surface area (Å²) >= 11 is 0. The number of rotatable bonds is 7. The molecule has 10 nitrogen and oxygen atoms in total. The van der Waals surface area contributed by atoms with Crippen LogP contribution in [0.15, 0.2) is 97.1 Å². The van der Waals surface area contributed by atoms with Crippen molar-refractivity contribution in [3.8, 4) is 34.1 Å². The number of hydrogen-bond donors (Lipinski definition) is 0. The van der Waals surface area contributed by atoms with E-state index in [9.17, 15) is 26.3 Å². The summed E-state index contributed by atoms with van der Waals surface area (Å²) in [5.41, 5.74) is 0.763. The monoisotopic (exact) mass is 1130 g/mol. The first kappa shape index (κ1) is 55.4. The van der Waals surface area contributed by atoms with Crippen LogP contribution < -0.4 is 50.8 Å². The zero-order valence-electron chi connectivity index (χ0n) is 38.0. The zero-order chi connectivity index (χ0) is 50.3. The Balaban J connectivity index is 0.000000450. The van der Waals surface area contributed by atoms with Gasteiger partial charge in [0.05, 0.1) is 0 Å². The number of aryl methyl sites for hydroxylation is 8. The quantitative estimate of drug-likeness (QED) is 0.0499. The molecule has 0 unspecified atom stereocenters. The van der Waals surface area contributed by atoms with Gasteiger partial charge in [0.1, 0.15) is 0 Å². The first-order chi connectivity index (χ1) is 31.5. The van der Waals surface area contributed by atoms with Crippen LogP contribution >= 0.6 is 15.8 Å². The van der Waals surface area contributed by atoms with E-state index in [1.165, 1.54) is 76.3 Å². The molecule has 2 aliphatic rings. The van der Waals surface area contributed by atoms with Crippen molar-refractivity contribution >= 4 is 67.9 Å². The van der Waals surface area contributed by atoms with Gasteiger partial charge in [0.15, 0.2) is 43.2 Å². The van der Waals surface area contributed by atoms with Crippen molar-refractivity contribution in [3.05, 3.63) is 142 Å². The Morgan fingerprint density at radius 2 is 0.638 bits per heavy atom. The first-order valence-electron chi connectivity index (χ1n) is 20.4. The van der Waals surface area contributed by atoms with Crippen molar-refractivity contribution in [2.45, 2.75) is 66.4 Å². The fraction of sp³-hybridized carbons (Fsp3) is 0.250. The molecule has 8 rings (SSSR count). The van der Waals surface area contributed by atoms with E-state index in [1.54, 1.807) is 0 Å².